The maximum absolute atomic E-state index is 11.8. The Hall–Kier alpha value is -0.830. The summed E-state index contributed by atoms with van der Waals surface area (Å²) >= 11 is 0. The van der Waals surface area contributed by atoms with E-state index in [2.05, 4.69) is 25.7 Å². The minimum Gasteiger partial charge on any atom is -0.338 e. The SMILES string of the molecule is C=CCC(=O)N(CC1CCCN1)C(C)C. The van der Waals surface area contributed by atoms with E-state index in [1.165, 1.54) is 12.8 Å². The molecular weight excluding hydrogens is 188 g/mol. The molecule has 1 unspecified atom stereocenters. The van der Waals surface area contributed by atoms with Crippen molar-refractivity contribution in [3.05, 3.63) is 12.7 Å². The average Bonchev–Trinajstić information content (AvgIpc) is 2.66. The largest absolute Gasteiger partial charge is 0.338 e. The smallest absolute Gasteiger partial charge is 0.226 e. The van der Waals surface area contributed by atoms with Gasteiger partial charge in [-0.1, -0.05) is 6.08 Å². The van der Waals surface area contributed by atoms with Crippen molar-refractivity contribution in [1.29, 1.82) is 0 Å². The standard InChI is InChI=1S/C12H22N2O/c1-4-6-12(15)14(10(2)3)9-11-7-5-8-13-11/h4,10-11,13H,1,5-9H2,2-3H3. The molecule has 15 heavy (non-hydrogen) atoms. The molecule has 1 fully saturated rings. The fourth-order valence-corrected chi connectivity index (χ4v) is 1.99. The van der Waals surface area contributed by atoms with Crippen LogP contribution < -0.4 is 5.32 Å². The summed E-state index contributed by atoms with van der Waals surface area (Å²) in [6, 6.07) is 0.765. The molecule has 1 amide bonds. The number of carbonyl (C=O) groups is 1. The number of hydrogen-bond acceptors (Lipinski definition) is 2. The van der Waals surface area contributed by atoms with Crippen molar-refractivity contribution >= 4 is 5.91 Å². The van der Waals surface area contributed by atoms with Crippen molar-refractivity contribution in [3.63, 3.8) is 0 Å². The second-order valence-electron chi connectivity index (χ2n) is 4.43. The molecule has 0 aromatic rings. The van der Waals surface area contributed by atoms with Crippen LogP contribution in [0.2, 0.25) is 0 Å². The molecule has 3 nitrogen and oxygen atoms in total. The normalized spacial score (nSPS) is 20.6. The van der Waals surface area contributed by atoms with Crippen molar-refractivity contribution in [2.75, 3.05) is 13.1 Å². The van der Waals surface area contributed by atoms with Gasteiger partial charge >= 0.3 is 0 Å². The highest BCUT2D eigenvalue weighted by Gasteiger charge is 2.22. The number of rotatable bonds is 5. The summed E-state index contributed by atoms with van der Waals surface area (Å²) in [6.07, 6.45) is 4.54. The number of nitrogens with zero attached hydrogens (tertiary/aromatic N) is 1. The molecular formula is C12H22N2O. The van der Waals surface area contributed by atoms with Gasteiger partial charge in [0, 0.05) is 25.0 Å². The first-order valence-corrected chi connectivity index (χ1v) is 5.79. The summed E-state index contributed by atoms with van der Waals surface area (Å²) in [5.74, 6) is 0.189. The lowest BCUT2D eigenvalue weighted by molar-refractivity contribution is -0.132. The maximum Gasteiger partial charge on any atom is 0.226 e. The van der Waals surface area contributed by atoms with Gasteiger partial charge in [-0.05, 0) is 33.2 Å². The van der Waals surface area contributed by atoms with Gasteiger partial charge < -0.3 is 10.2 Å². The Balaban J connectivity index is 2.48. The molecule has 0 spiro atoms. The van der Waals surface area contributed by atoms with Crippen LogP contribution in [0.15, 0.2) is 12.7 Å². The van der Waals surface area contributed by atoms with Crippen LogP contribution in [-0.2, 0) is 4.79 Å². The lowest BCUT2D eigenvalue weighted by Gasteiger charge is -2.29. The molecule has 1 N–H and O–H groups in total. The van der Waals surface area contributed by atoms with Gasteiger partial charge in [0.25, 0.3) is 0 Å². The third-order valence-electron chi connectivity index (χ3n) is 2.84. The van der Waals surface area contributed by atoms with Gasteiger partial charge in [0.15, 0.2) is 0 Å². The van der Waals surface area contributed by atoms with E-state index in [-0.39, 0.29) is 11.9 Å². The van der Waals surface area contributed by atoms with Crippen LogP contribution in [-0.4, -0.2) is 36.0 Å². The van der Waals surface area contributed by atoms with Crippen LogP contribution in [0.25, 0.3) is 0 Å². The fraction of sp³-hybridized carbons (Fsp3) is 0.750. The first-order valence-electron chi connectivity index (χ1n) is 5.79. The van der Waals surface area contributed by atoms with E-state index in [1.54, 1.807) is 6.08 Å². The number of nitrogens with one attached hydrogen (secondary N) is 1. The lowest BCUT2D eigenvalue weighted by atomic mass is 10.2. The van der Waals surface area contributed by atoms with E-state index in [0.717, 1.165) is 13.1 Å². The molecule has 1 aliphatic rings. The van der Waals surface area contributed by atoms with Gasteiger partial charge in [0.1, 0.15) is 0 Å². The average molecular weight is 210 g/mol. The van der Waals surface area contributed by atoms with Crippen LogP contribution in [0.5, 0.6) is 0 Å². The molecule has 0 aliphatic carbocycles. The van der Waals surface area contributed by atoms with Gasteiger partial charge in [-0.15, -0.1) is 6.58 Å². The van der Waals surface area contributed by atoms with Gasteiger partial charge in [0.05, 0.1) is 0 Å². The Morgan fingerprint density at radius 3 is 2.87 bits per heavy atom. The molecule has 1 saturated heterocycles. The molecule has 0 aromatic carbocycles. The molecule has 0 saturated carbocycles. The summed E-state index contributed by atoms with van der Waals surface area (Å²) in [6.45, 7) is 9.67. The van der Waals surface area contributed by atoms with Gasteiger partial charge in [-0.3, -0.25) is 4.79 Å². The predicted molar refractivity (Wildman–Crippen MR) is 62.7 cm³/mol. The molecule has 1 rings (SSSR count). The first-order chi connectivity index (χ1) is 7.15. The third kappa shape index (κ3) is 3.67. The molecule has 86 valence electrons. The molecule has 0 bridgehead atoms. The zero-order chi connectivity index (χ0) is 11.3. The van der Waals surface area contributed by atoms with Gasteiger partial charge in [0.2, 0.25) is 5.91 Å². The number of amides is 1. The monoisotopic (exact) mass is 210 g/mol. The van der Waals surface area contributed by atoms with Crippen molar-refractivity contribution in [2.45, 2.75) is 45.2 Å². The highest BCUT2D eigenvalue weighted by atomic mass is 16.2. The second-order valence-corrected chi connectivity index (χ2v) is 4.43. The van der Waals surface area contributed by atoms with E-state index in [9.17, 15) is 4.79 Å². The third-order valence-corrected chi connectivity index (χ3v) is 2.84. The Morgan fingerprint density at radius 1 is 1.67 bits per heavy atom. The van der Waals surface area contributed by atoms with Crippen LogP contribution in [0.1, 0.15) is 33.1 Å². The minimum absolute atomic E-state index is 0.189. The Morgan fingerprint density at radius 2 is 2.40 bits per heavy atom. The Kier molecular flexibility index (Phi) is 4.82. The molecule has 3 heteroatoms. The fourth-order valence-electron chi connectivity index (χ4n) is 1.99. The quantitative estimate of drug-likeness (QED) is 0.698. The Labute approximate surface area is 92.5 Å². The van der Waals surface area contributed by atoms with Gasteiger partial charge in [-0.25, -0.2) is 0 Å². The second kappa shape index (κ2) is 5.91. The highest BCUT2D eigenvalue weighted by molar-refractivity contribution is 5.77. The van der Waals surface area contributed by atoms with Gasteiger partial charge in [-0.2, -0.15) is 0 Å². The summed E-state index contributed by atoms with van der Waals surface area (Å²) in [4.78, 5) is 13.7. The zero-order valence-corrected chi connectivity index (χ0v) is 9.83. The summed E-state index contributed by atoms with van der Waals surface area (Å²) < 4.78 is 0. The van der Waals surface area contributed by atoms with E-state index < -0.39 is 0 Å². The van der Waals surface area contributed by atoms with Crippen LogP contribution in [0.3, 0.4) is 0 Å². The minimum atomic E-state index is 0.189. The van der Waals surface area contributed by atoms with E-state index in [4.69, 9.17) is 0 Å². The highest BCUT2D eigenvalue weighted by Crippen LogP contribution is 2.10. The van der Waals surface area contributed by atoms with Crippen molar-refractivity contribution in [1.82, 2.24) is 10.2 Å². The van der Waals surface area contributed by atoms with Crippen molar-refractivity contribution in [3.8, 4) is 0 Å². The molecule has 0 radical (unpaired) electrons. The summed E-state index contributed by atoms with van der Waals surface area (Å²) in [5.41, 5.74) is 0. The summed E-state index contributed by atoms with van der Waals surface area (Å²) in [7, 11) is 0. The first kappa shape index (κ1) is 12.2. The predicted octanol–water partition coefficient (Wildman–Crippen LogP) is 1.55. The van der Waals surface area contributed by atoms with Crippen LogP contribution in [0, 0.1) is 0 Å². The molecule has 0 aromatic heterocycles. The van der Waals surface area contributed by atoms with E-state index in [0.29, 0.717) is 12.5 Å². The number of carbonyl (C=O) groups excluding carboxylic acids is 1. The van der Waals surface area contributed by atoms with E-state index in [1.807, 2.05) is 4.90 Å². The Bertz CT molecular complexity index is 220. The zero-order valence-electron chi connectivity index (χ0n) is 9.83. The topological polar surface area (TPSA) is 32.3 Å². The van der Waals surface area contributed by atoms with Crippen LogP contribution >= 0.6 is 0 Å². The maximum atomic E-state index is 11.8. The molecule has 1 atom stereocenters. The van der Waals surface area contributed by atoms with Crippen LogP contribution in [0.4, 0.5) is 0 Å². The number of hydrogen-bond donors (Lipinski definition) is 1. The molecule has 1 heterocycles. The van der Waals surface area contributed by atoms with E-state index >= 15 is 0 Å². The lowest BCUT2D eigenvalue weighted by Crippen LogP contribution is -2.44. The van der Waals surface area contributed by atoms with Crippen molar-refractivity contribution in [2.24, 2.45) is 0 Å². The molecule has 1 aliphatic heterocycles. The van der Waals surface area contributed by atoms with Crippen molar-refractivity contribution < 1.29 is 4.79 Å². The summed E-state index contributed by atoms with van der Waals surface area (Å²) in [5, 5.41) is 3.42.